The van der Waals surface area contributed by atoms with Crippen LogP contribution in [0.2, 0.25) is 0 Å². The number of aliphatic imine (C=N–C) groups is 1. The number of guanidine groups is 1. The Morgan fingerprint density at radius 3 is 2.62 bits per heavy atom. The molecule has 2 aromatic rings. The van der Waals surface area contributed by atoms with Crippen LogP contribution in [0.3, 0.4) is 0 Å². The number of nitrogens with zero attached hydrogens (tertiary/aromatic N) is 2. The van der Waals surface area contributed by atoms with E-state index in [4.69, 9.17) is 10.5 Å². The first-order valence-corrected chi connectivity index (χ1v) is 8.55. The van der Waals surface area contributed by atoms with Gasteiger partial charge < -0.3 is 20.7 Å². The summed E-state index contributed by atoms with van der Waals surface area (Å²) < 4.78 is 5.51. The molecule has 0 saturated carbocycles. The van der Waals surface area contributed by atoms with E-state index in [1.54, 1.807) is 14.1 Å². The molecular weight excluding hydrogens is 328 g/mol. The molecule has 6 heteroatoms. The van der Waals surface area contributed by atoms with Gasteiger partial charge in [-0.1, -0.05) is 31.2 Å². The zero-order valence-electron chi connectivity index (χ0n) is 15.5. The fourth-order valence-electron chi connectivity index (χ4n) is 2.24. The predicted octanol–water partition coefficient (Wildman–Crippen LogP) is 2.64. The third kappa shape index (κ3) is 6.12. The van der Waals surface area contributed by atoms with Crippen molar-refractivity contribution in [3.63, 3.8) is 0 Å². The summed E-state index contributed by atoms with van der Waals surface area (Å²) in [6, 6.07) is 15.6. The topological polar surface area (TPSA) is 80.0 Å². The smallest absolute Gasteiger partial charge is 0.259 e. The number of aryl methyl sites for hydroxylation is 1. The van der Waals surface area contributed by atoms with E-state index in [1.165, 1.54) is 10.5 Å². The molecule has 0 atom stereocenters. The Hall–Kier alpha value is -3.02. The van der Waals surface area contributed by atoms with Crippen LogP contribution >= 0.6 is 0 Å². The molecule has 26 heavy (non-hydrogen) atoms. The first kappa shape index (κ1) is 19.3. The van der Waals surface area contributed by atoms with Gasteiger partial charge in [0.2, 0.25) is 0 Å². The summed E-state index contributed by atoms with van der Waals surface area (Å²) in [6.45, 7) is 2.54. The van der Waals surface area contributed by atoms with E-state index >= 15 is 0 Å². The van der Waals surface area contributed by atoms with Crippen molar-refractivity contribution in [2.45, 2.75) is 19.9 Å². The molecule has 0 bridgehead atoms. The number of hydrogen-bond donors (Lipinski definition) is 2. The van der Waals surface area contributed by atoms with Crippen molar-refractivity contribution < 1.29 is 9.53 Å². The van der Waals surface area contributed by atoms with Crippen LogP contribution in [-0.2, 0) is 17.8 Å². The molecular formula is C20H26N4O2. The van der Waals surface area contributed by atoms with E-state index in [0.29, 0.717) is 18.3 Å². The van der Waals surface area contributed by atoms with Crippen LogP contribution in [0, 0.1) is 0 Å². The molecule has 0 fully saturated rings. The van der Waals surface area contributed by atoms with Gasteiger partial charge >= 0.3 is 0 Å². The van der Waals surface area contributed by atoms with Crippen LogP contribution in [0.5, 0.6) is 5.75 Å². The van der Waals surface area contributed by atoms with Crippen molar-refractivity contribution >= 4 is 17.6 Å². The molecule has 1 amide bonds. The van der Waals surface area contributed by atoms with Crippen molar-refractivity contribution in [3.8, 4) is 5.75 Å². The maximum absolute atomic E-state index is 11.6. The average Bonchev–Trinajstić information content (AvgIpc) is 2.65. The Morgan fingerprint density at radius 2 is 1.88 bits per heavy atom. The van der Waals surface area contributed by atoms with Gasteiger partial charge in [0.15, 0.2) is 12.6 Å². The molecule has 0 radical (unpaired) electrons. The molecule has 138 valence electrons. The van der Waals surface area contributed by atoms with E-state index in [9.17, 15) is 4.79 Å². The molecule has 0 saturated heterocycles. The fourth-order valence-corrected chi connectivity index (χ4v) is 2.24. The van der Waals surface area contributed by atoms with Crippen LogP contribution in [0.25, 0.3) is 0 Å². The molecule has 0 aromatic heterocycles. The molecule has 0 spiro atoms. The van der Waals surface area contributed by atoms with Crippen molar-refractivity contribution in [1.82, 2.24) is 4.90 Å². The van der Waals surface area contributed by atoms with Gasteiger partial charge in [0, 0.05) is 19.8 Å². The van der Waals surface area contributed by atoms with Gasteiger partial charge in [0.1, 0.15) is 5.75 Å². The van der Waals surface area contributed by atoms with Crippen molar-refractivity contribution in [2.75, 3.05) is 26.0 Å². The molecule has 0 heterocycles. The third-order valence-corrected chi connectivity index (χ3v) is 3.80. The van der Waals surface area contributed by atoms with E-state index in [-0.39, 0.29) is 12.5 Å². The van der Waals surface area contributed by atoms with E-state index in [1.807, 2.05) is 36.4 Å². The van der Waals surface area contributed by atoms with E-state index in [2.05, 4.69) is 29.4 Å². The second-order valence-corrected chi connectivity index (χ2v) is 6.10. The summed E-state index contributed by atoms with van der Waals surface area (Å²) >= 11 is 0. The van der Waals surface area contributed by atoms with Crippen LogP contribution in [0.1, 0.15) is 18.1 Å². The predicted molar refractivity (Wildman–Crippen MR) is 105 cm³/mol. The summed E-state index contributed by atoms with van der Waals surface area (Å²) in [5.41, 5.74) is 9.08. The molecule has 2 aromatic carbocycles. The number of ether oxygens (including phenoxy) is 1. The standard InChI is InChI=1S/C20H26N4O2/c1-4-15-7-5-9-17(11-15)23-20(21)22-13-16-8-6-10-18(12-16)26-14-19(25)24(2)3/h5-12H,4,13-14H2,1-3H3,(H3,21,22,23). The number of carbonyl (C=O) groups is 1. The highest BCUT2D eigenvalue weighted by Gasteiger charge is 2.05. The van der Waals surface area contributed by atoms with Gasteiger partial charge in [-0.25, -0.2) is 4.99 Å². The number of amides is 1. The minimum Gasteiger partial charge on any atom is -0.484 e. The Bertz CT molecular complexity index is 772. The molecule has 6 nitrogen and oxygen atoms in total. The lowest BCUT2D eigenvalue weighted by Crippen LogP contribution is -2.27. The number of benzene rings is 2. The molecule has 0 unspecified atom stereocenters. The van der Waals surface area contributed by atoms with Gasteiger partial charge in [0.05, 0.1) is 6.54 Å². The van der Waals surface area contributed by atoms with Crippen LogP contribution in [0.4, 0.5) is 5.69 Å². The van der Waals surface area contributed by atoms with E-state index in [0.717, 1.165) is 17.7 Å². The van der Waals surface area contributed by atoms with Crippen LogP contribution in [0.15, 0.2) is 53.5 Å². The number of hydrogen-bond acceptors (Lipinski definition) is 3. The summed E-state index contributed by atoms with van der Waals surface area (Å²) in [7, 11) is 3.39. The fraction of sp³-hybridized carbons (Fsp3) is 0.300. The highest BCUT2D eigenvalue weighted by Crippen LogP contribution is 2.15. The lowest BCUT2D eigenvalue weighted by atomic mass is 10.1. The van der Waals surface area contributed by atoms with Crippen molar-refractivity contribution in [3.05, 3.63) is 59.7 Å². The number of nitrogens with one attached hydrogen (secondary N) is 1. The zero-order valence-corrected chi connectivity index (χ0v) is 15.5. The van der Waals surface area contributed by atoms with Gasteiger partial charge in [-0.15, -0.1) is 0 Å². The molecule has 0 aliphatic carbocycles. The third-order valence-electron chi connectivity index (χ3n) is 3.80. The lowest BCUT2D eigenvalue weighted by molar-refractivity contribution is -0.130. The minimum absolute atomic E-state index is 0.0111. The van der Waals surface area contributed by atoms with Crippen molar-refractivity contribution in [2.24, 2.45) is 10.7 Å². The summed E-state index contributed by atoms with van der Waals surface area (Å²) in [6.07, 6.45) is 0.968. The van der Waals surface area contributed by atoms with E-state index < -0.39 is 0 Å². The first-order chi connectivity index (χ1) is 12.5. The normalized spacial score (nSPS) is 11.1. The highest BCUT2D eigenvalue weighted by atomic mass is 16.5. The Kier molecular flexibility index (Phi) is 7.02. The number of nitrogens with two attached hydrogens (primary N) is 1. The molecule has 0 aliphatic heterocycles. The van der Waals surface area contributed by atoms with Gasteiger partial charge in [-0.2, -0.15) is 0 Å². The Morgan fingerprint density at radius 1 is 1.15 bits per heavy atom. The van der Waals surface area contributed by atoms with Crippen LogP contribution in [-0.4, -0.2) is 37.5 Å². The Labute approximate surface area is 154 Å². The molecule has 0 aliphatic rings. The quantitative estimate of drug-likeness (QED) is 0.592. The number of likely N-dealkylation sites (N-methyl/N-ethyl adjacent to an activating group) is 1. The molecule has 2 rings (SSSR count). The zero-order chi connectivity index (χ0) is 18.9. The summed E-state index contributed by atoms with van der Waals surface area (Å²) in [4.78, 5) is 17.4. The largest absolute Gasteiger partial charge is 0.484 e. The maximum atomic E-state index is 11.6. The first-order valence-electron chi connectivity index (χ1n) is 8.55. The average molecular weight is 354 g/mol. The molecule has 3 N–H and O–H groups in total. The second kappa shape index (κ2) is 9.46. The van der Waals surface area contributed by atoms with Crippen LogP contribution < -0.4 is 15.8 Å². The lowest BCUT2D eigenvalue weighted by Gasteiger charge is -2.12. The Balaban J connectivity index is 1.94. The second-order valence-electron chi connectivity index (χ2n) is 6.10. The summed E-state index contributed by atoms with van der Waals surface area (Å²) in [5, 5.41) is 3.10. The minimum atomic E-state index is -0.0869. The van der Waals surface area contributed by atoms with Crippen molar-refractivity contribution in [1.29, 1.82) is 0 Å². The van der Waals surface area contributed by atoms with Gasteiger partial charge in [0.25, 0.3) is 5.91 Å². The maximum Gasteiger partial charge on any atom is 0.259 e. The van der Waals surface area contributed by atoms with Gasteiger partial charge in [-0.3, -0.25) is 4.79 Å². The number of carbonyl (C=O) groups excluding carboxylic acids is 1. The summed E-state index contributed by atoms with van der Waals surface area (Å²) in [5.74, 6) is 0.901. The highest BCUT2D eigenvalue weighted by molar-refractivity contribution is 5.92. The number of anilines is 1. The van der Waals surface area contributed by atoms with Gasteiger partial charge in [-0.05, 0) is 41.8 Å². The number of rotatable bonds is 7. The monoisotopic (exact) mass is 354 g/mol. The SMILES string of the molecule is CCc1cccc(NC(N)=NCc2cccc(OCC(=O)N(C)C)c2)c1.